The number of amides is 3. The third-order valence-electron chi connectivity index (χ3n) is 3.33. The molecule has 106 valence electrons. The van der Waals surface area contributed by atoms with E-state index in [-0.39, 0.29) is 12.5 Å². The molecule has 0 spiro atoms. The van der Waals surface area contributed by atoms with Crippen molar-refractivity contribution in [1.82, 2.24) is 10.2 Å². The Labute approximate surface area is 116 Å². The quantitative estimate of drug-likeness (QED) is 0.396. The second kappa shape index (κ2) is 4.93. The van der Waals surface area contributed by atoms with Gasteiger partial charge in [0.05, 0.1) is 0 Å². The average Bonchev–Trinajstić information content (AvgIpc) is 2.42. The highest BCUT2D eigenvalue weighted by Crippen LogP contribution is 2.21. The maximum atomic E-state index is 12.4. The van der Waals surface area contributed by atoms with Gasteiger partial charge in [-0.05, 0) is 38.1 Å². The van der Waals surface area contributed by atoms with Crippen LogP contribution in [0.4, 0.5) is 5.69 Å². The van der Waals surface area contributed by atoms with E-state index < -0.39 is 17.4 Å². The van der Waals surface area contributed by atoms with Gasteiger partial charge in [-0.2, -0.15) is 0 Å². The van der Waals surface area contributed by atoms with Crippen molar-refractivity contribution < 1.29 is 14.4 Å². The smallest absolute Gasteiger partial charge is 0.255 e. The van der Waals surface area contributed by atoms with Crippen molar-refractivity contribution in [2.75, 3.05) is 12.0 Å². The number of hydrogen-bond donors (Lipinski definition) is 3. The Morgan fingerprint density at radius 3 is 2.45 bits per heavy atom. The molecule has 1 heterocycles. The van der Waals surface area contributed by atoms with Crippen LogP contribution in [0.25, 0.3) is 0 Å². The third kappa shape index (κ3) is 2.35. The SMILES string of the molecule is CC1(C)C(=O)NC(=O)CN1C(=O)c1ccc(NN)cc1. The number of hydrazine groups is 1. The van der Waals surface area contributed by atoms with Crippen LogP contribution in [-0.2, 0) is 9.59 Å². The molecule has 0 atom stereocenters. The van der Waals surface area contributed by atoms with Crippen LogP contribution in [-0.4, -0.2) is 34.7 Å². The van der Waals surface area contributed by atoms with E-state index in [2.05, 4.69) is 10.7 Å². The van der Waals surface area contributed by atoms with Crippen molar-refractivity contribution in [3.63, 3.8) is 0 Å². The highest BCUT2D eigenvalue weighted by Gasteiger charge is 2.43. The minimum absolute atomic E-state index is 0.144. The van der Waals surface area contributed by atoms with Gasteiger partial charge in [0.25, 0.3) is 11.8 Å². The van der Waals surface area contributed by atoms with E-state index in [4.69, 9.17) is 5.84 Å². The normalized spacial score (nSPS) is 17.6. The first kappa shape index (κ1) is 14.0. The molecule has 20 heavy (non-hydrogen) atoms. The van der Waals surface area contributed by atoms with Gasteiger partial charge in [-0.3, -0.25) is 25.5 Å². The minimum atomic E-state index is -1.07. The molecule has 1 aromatic carbocycles. The summed E-state index contributed by atoms with van der Waals surface area (Å²) in [5.74, 6) is 3.91. The number of carbonyl (C=O) groups is 3. The Morgan fingerprint density at radius 2 is 1.90 bits per heavy atom. The van der Waals surface area contributed by atoms with E-state index in [1.165, 1.54) is 4.90 Å². The topological polar surface area (TPSA) is 105 Å². The fourth-order valence-corrected chi connectivity index (χ4v) is 1.97. The van der Waals surface area contributed by atoms with Gasteiger partial charge in [0.15, 0.2) is 0 Å². The predicted molar refractivity (Wildman–Crippen MR) is 72.5 cm³/mol. The lowest BCUT2D eigenvalue weighted by molar-refractivity contribution is -0.143. The van der Waals surface area contributed by atoms with Crippen molar-refractivity contribution in [2.45, 2.75) is 19.4 Å². The first-order chi connectivity index (χ1) is 9.36. The molecular weight excluding hydrogens is 260 g/mol. The predicted octanol–water partition coefficient (Wildman–Crippen LogP) is -0.151. The van der Waals surface area contributed by atoms with E-state index >= 15 is 0 Å². The van der Waals surface area contributed by atoms with E-state index in [1.807, 2.05) is 0 Å². The van der Waals surface area contributed by atoms with Gasteiger partial charge in [-0.1, -0.05) is 0 Å². The first-order valence-electron chi connectivity index (χ1n) is 6.09. The highest BCUT2D eigenvalue weighted by atomic mass is 16.2. The monoisotopic (exact) mass is 276 g/mol. The molecule has 3 amide bonds. The number of piperazine rings is 1. The Morgan fingerprint density at radius 1 is 1.30 bits per heavy atom. The van der Waals surface area contributed by atoms with Gasteiger partial charge in [0, 0.05) is 11.3 Å². The van der Waals surface area contributed by atoms with Gasteiger partial charge in [-0.25, -0.2) is 0 Å². The van der Waals surface area contributed by atoms with Crippen LogP contribution in [0.3, 0.4) is 0 Å². The molecule has 0 bridgehead atoms. The summed E-state index contributed by atoms with van der Waals surface area (Å²) in [7, 11) is 0. The number of anilines is 1. The molecule has 0 unspecified atom stereocenters. The number of nitrogens with two attached hydrogens (primary N) is 1. The fourth-order valence-electron chi connectivity index (χ4n) is 1.97. The summed E-state index contributed by atoms with van der Waals surface area (Å²) in [4.78, 5) is 37.0. The highest BCUT2D eigenvalue weighted by molar-refractivity contribution is 6.08. The van der Waals surface area contributed by atoms with Gasteiger partial charge in [-0.15, -0.1) is 0 Å². The molecule has 0 aromatic heterocycles. The fraction of sp³-hybridized carbons (Fsp3) is 0.308. The van der Waals surface area contributed by atoms with E-state index in [0.717, 1.165) is 0 Å². The number of nitrogen functional groups attached to an aromatic ring is 1. The number of nitrogens with one attached hydrogen (secondary N) is 2. The standard InChI is InChI=1S/C13H16N4O3/c1-13(2)12(20)15-10(18)7-17(13)11(19)8-3-5-9(16-14)6-4-8/h3-6,16H,7,14H2,1-2H3,(H,15,18,20). The second-order valence-corrected chi connectivity index (χ2v) is 5.05. The molecule has 7 nitrogen and oxygen atoms in total. The van der Waals surface area contributed by atoms with Crippen molar-refractivity contribution in [3.05, 3.63) is 29.8 Å². The molecule has 1 saturated heterocycles. The molecule has 0 aliphatic carbocycles. The van der Waals surface area contributed by atoms with Gasteiger partial charge >= 0.3 is 0 Å². The lowest BCUT2D eigenvalue weighted by Gasteiger charge is -2.40. The zero-order chi connectivity index (χ0) is 14.9. The average molecular weight is 276 g/mol. The summed E-state index contributed by atoms with van der Waals surface area (Å²) in [6.07, 6.45) is 0. The van der Waals surface area contributed by atoms with Crippen molar-refractivity contribution in [3.8, 4) is 0 Å². The number of carbonyl (C=O) groups excluding carboxylic acids is 3. The van der Waals surface area contributed by atoms with Crippen molar-refractivity contribution >= 4 is 23.4 Å². The van der Waals surface area contributed by atoms with Crippen LogP contribution in [0, 0.1) is 0 Å². The second-order valence-electron chi connectivity index (χ2n) is 5.05. The lowest BCUT2D eigenvalue weighted by atomic mass is 9.97. The maximum absolute atomic E-state index is 12.4. The zero-order valence-corrected chi connectivity index (χ0v) is 11.3. The largest absolute Gasteiger partial charge is 0.324 e. The van der Waals surface area contributed by atoms with Gasteiger partial charge in [0.1, 0.15) is 12.1 Å². The molecule has 7 heteroatoms. The summed E-state index contributed by atoms with van der Waals surface area (Å²) >= 11 is 0. The Hall–Kier alpha value is -2.41. The molecule has 4 N–H and O–H groups in total. The van der Waals surface area contributed by atoms with Gasteiger partial charge < -0.3 is 10.3 Å². The first-order valence-corrected chi connectivity index (χ1v) is 6.09. The number of benzene rings is 1. The summed E-state index contributed by atoms with van der Waals surface area (Å²) in [5, 5.41) is 2.23. The summed E-state index contributed by atoms with van der Waals surface area (Å²) in [5.41, 5.74) is 2.44. The van der Waals surface area contributed by atoms with Crippen LogP contribution in [0.15, 0.2) is 24.3 Å². The molecule has 1 aliphatic rings. The summed E-state index contributed by atoms with van der Waals surface area (Å²) in [6.45, 7) is 3.05. The van der Waals surface area contributed by atoms with E-state index in [1.54, 1.807) is 38.1 Å². The molecule has 1 fully saturated rings. The number of imide groups is 1. The Bertz CT molecular complexity index is 565. The Kier molecular flexibility index (Phi) is 3.46. The molecule has 2 rings (SSSR count). The minimum Gasteiger partial charge on any atom is -0.324 e. The molecular formula is C13H16N4O3. The molecule has 1 aliphatic heterocycles. The van der Waals surface area contributed by atoms with Gasteiger partial charge in [0.2, 0.25) is 5.91 Å². The molecule has 0 radical (unpaired) electrons. The number of hydrogen-bond acceptors (Lipinski definition) is 5. The van der Waals surface area contributed by atoms with E-state index in [9.17, 15) is 14.4 Å². The summed E-state index contributed by atoms with van der Waals surface area (Å²) in [6, 6.07) is 6.47. The zero-order valence-electron chi connectivity index (χ0n) is 11.3. The molecule has 1 aromatic rings. The lowest BCUT2D eigenvalue weighted by Crippen LogP contribution is -2.65. The van der Waals surface area contributed by atoms with Crippen LogP contribution in [0.2, 0.25) is 0 Å². The molecule has 0 saturated carbocycles. The van der Waals surface area contributed by atoms with Crippen LogP contribution < -0.4 is 16.6 Å². The third-order valence-corrected chi connectivity index (χ3v) is 3.33. The summed E-state index contributed by atoms with van der Waals surface area (Å²) < 4.78 is 0. The van der Waals surface area contributed by atoms with E-state index in [0.29, 0.717) is 11.3 Å². The maximum Gasteiger partial charge on any atom is 0.255 e. The van der Waals surface area contributed by atoms with Crippen LogP contribution in [0.1, 0.15) is 24.2 Å². The Balaban J connectivity index is 2.30. The van der Waals surface area contributed by atoms with Crippen molar-refractivity contribution in [2.24, 2.45) is 5.84 Å². The van der Waals surface area contributed by atoms with Crippen LogP contribution in [0.5, 0.6) is 0 Å². The number of rotatable bonds is 2. The number of nitrogens with zero attached hydrogens (tertiary/aromatic N) is 1. The van der Waals surface area contributed by atoms with Crippen LogP contribution >= 0.6 is 0 Å². The van der Waals surface area contributed by atoms with Crippen molar-refractivity contribution in [1.29, 1.82) is 0 Å².